The third kappa shape index (κ3) is 3.25. The van der Waals surface area contributed by atoms with E-state index < -0.39 is 0 Å². The number of aromatic nitrogens is 1. The van der Waals surface area contributed by atoms with Gasteiger partial charge in [-0.05, 0) is 24.1 Å². The van der Waals surface area contributed by atoms with Crippen LogP contribution in [0.2, 0.25) is 5.02 Å². The standard InChI is InChI=1S/C14H19ClN2O/c1-2-3-12(18)9-16-7-10-8-17-14-6-11(15)4-5-13(10)14/h4-6,8,12,16-18H,2-3,7,9H2,1H3. The number of aliphatic hydroxyl groups is 1. The van der Waals surface area contributed by atoms with Crippen LogP contribution in [0.4, 0.5) is 0 Å². The maximum Gasteiger partial charge on any atom is 0.0664 e. The predicted molar refractivity (Wildman–Crippen MR) is 75.9 cm³/mol. The molecular formula is C14H19ClN2O. The van der Waals surface area contributed by atoms with E-state index in [-0.39, 0.29) is 6.10 Å². The van der Waals surface area contributed by atoms with Crippen molar-refractivity contribution in [2.75, 3.05) is 6.54 Å². The minimum Gasteiger partial charge on any atom is -0.392 e. The zero-order valence-electron chi connectivity index (χ0n) is 10.5. The van der Waals surface area contributed by atoms with Gasteiger partial charge in [0.2, 0.25) is 0 Å². The van der Waals surface area contributed by atoms with E-state index in [4.69, 9.17) is 11.6 Å². The third-order valence-corrected chi connectivity index (χ3v) is 3.28. The molecular weight excluding hydrogens is 248 g/mol. The summed E-state index contributed by atoms with van der Waals surface area (Å²) in [5.74, 6) is 0. The van der Waals surface area contributed by atoms with Crippen molar-refractivity contribution in [1.29, 1.82) is 0 Å². The number of rotatable bonds is 6. The SMILES string of the molecule is CCCC(O)CNCc1c[nH]c2cc(Cl)ccc12. The van der Waals surface area contributed by atoms with Gasteiger partial charge in [0.1, 0.15) is 0 Å². The molecule has 0 saturated carbocycles. The lowest BCUT2D eigenvalue weighted by atomic mass is 10.1. The van der Waals surface area contributed by atoms with Crippen LogP contribution in [-0.4, -0.2) is 22.7 Å². The van der Waals surface area contributed by atoms with Gasteiger partial charge in [-0.3, -0.25) is 0 Å². The summed E-state index contributed by atoms with van der Waals surface area (Å²) in [5, 5.41) is 14.8. The number of aromatic amines is 1. The molecule has 0 bridgehead atoms. The summed E-state index contributed by atoms with van der Waals surface area (Å²) < 4.78 is 0. The van der Waals surface area contributed by atoms with E-state index in [0.717, 1.165) is 29.9 Å². The van der Waals surface area contributed by atoms with Gasteiger partial charge < -0.3 is 15.4 Å². The summed E-state index contributed by atoms with van der Waals surface area (Å²) in [5.41, 5.74) is 2.25. The Balaban J connectivity index is 1.96. The van der Waals surface area contributed by atoms with Crippen molar-refractivity contribution >= 4 is 22.5 Å². The van der Waals surface area contributed by atoms with E-state index in [1.54, 1.807) is 0 Å². The maximum atomic E-state index is 9.64. The van der Waals surface area contributed by atoms with Gasteiger partial charge in [0, 0.05) is 35.2 Å². The van der Waals surface area contributed by atoms with Gasteiger partial charge in [-0.15, -0.1) is 0 Å². The maximum absolute atomic E-state index is 9.64. The first kappa shape index (κ1) is 13.4. The van der Waals surface area contributed by atoms with E-state index in [0.29, 0.717) is 6.54 Å². The second-order valence-electron chi connectivity index (χ2n) is 4.58. The highest BCUT2D eigenvalue weighted by atomic mass is 35.5. The Morgan fingerprint density at radius 1 is 1.44 bits per heavy atom. The van der Waals surface area contributed by atoms with Crippen molar-refractivity contribution in [1.82, 2.24) is 10.3 Å². The number of H-pyrrole nitrogens is 1. The van der Waals surface area contributed by atoms with Crippen molar-refractivity contribution < 1.29 is 5.11 Å². The highest BCUT2D eigenvalue weighted by Crippen LogP contribution is 2.21. The van der Waals surface area contributed by atoms with Gasteiger partial charge in [0.05, 0.1) is 6.10 Å². The minimum atomic E-state index is -0.255. The van der Waals surface area contributed by atoms with Crippen LogP contribution in [0.25, 0.3) is 10.9 Å². The van der Waals surface area contributed by atoms with Crippen molar-refractivity contribution in [2.45, 2.75) is 32.4 Å². The number of halogens is 1. The zero-order chi connectivity index (χ0) is 13.0. The first-order valence-electron chi connectivity index (χ1n) is 6.35. The Labute approximate surface area is 112 Å². The monoisotopic (exact) mass is 266 g/mol. The molecule has 1 unspecified atom stereocenters. The zero-order valence-corrected chi connectivity index (χ0v) is 11.3. The quantitative estimate of drug-likeness (QED) is 0.753. The van der Waals surface area contributed by atoms with E-state index >= 15 is 0 Å². The first-order valence-corrected chi connectivity index (χ1v) is 6.72. The fraction of sp³-hybridized carbons (Fsp3) is 0.429. The Morgan fingerprint density at radius 2 is 2.28 bits per heavy atom. The van der Waals surface area contributed by atoms with Crippen molar-refractivity contribution in [3.63, 3.8) is 0 Å². The molecule has 4 heteroatoms. The van der Waals surface area contributed by atoms with Crippen LogP contribution in [-0.2, 0) is 6.54 Å². The molecule has 98 valence electrons. The summed E-state index contributed by atoms with van der Waals surface area (Å²) in [6.07, 6.45) is 3.58. The van der Waals surface area contributed by atoms with Gasteiger partial charge in [0.25, 0.3) is 0 Å². The van der Waals surface area contributed by atoms with Gasteiger partial charge >= 0.3 is 0 Å². The molecule has 0 radical (unpaired) electrons. The molecule has 0 fully saturated rings. The summed E-state index contributed by atoms with van der Waals surface area (Å²) >= 11 is 5.94. The Morgan fingerprint density at radius 3 is 3.06 bits per heavy atom. The molecule has 3 N–H and O–H groups in total. The lowest BCUT2D eigenvalue weighted by molar-refractivity contribution is 0.160. The molecule has 0 aliphatic carbocycles. The van der Waals surface area contributed by atoms with Gasteiger partial charge in [-0.2, -0.15) is 0 Å². The van der Waals surface area contributed by atoms with E-state index in [1.165, 1.54) is 10.9 Å². The molecule has 2 aromatic rings. The number of benzene rings is 1. The molecule has 0 spiro atoms. The summed E-state index contributed by atoms with van der Waals surface area (Å²) in [7, 11) is 0. The summed E-state index contributed by atoms with van der Waals surface area (Å²) in [4.78, 5) is 3.21. The number of fused-ring (bicyclic) bond motifs is 1. The largest absolute Gasteiger partial charge is 0.392 e. The van der Waals surface area contributed by atoms with E-state index in [2.05, 4.69) is 17.2 Å². The summed E-state index contributed by atoms with van der Waals surface area (Å²) in [6.45, 7) is 3.46. The molecule has 1 aromatic carbocycles. The third-order valence-electron chi connectivity index (χ3n) is 3.05. The highest BCUT2D eigenvalue weighted by Gasteiger charge is 2.05. The van der Waals surface area contributed by atoms with Crippen molar-refractivity contribution in [3.05, 3.63) is 35.0 Å². The van der Waals surface area contributed by atoms with Gasteiger partial charge in [0.15, 0.2) is 0 Å². The molecule has 1 heterocycles. The normalized spacial score (nSPS) is 13.1. The molecule has 1 aromatic heterocycles. The lowest BCUT2D eigenvalue weighted by Gasteiger charge is -2.10. The molecule has 1 atom stereocenters. The molecule has 18 heavy (non-hydrogen) atoms. The number of hydrogen-bond donors (Lipinski definition) is 3. The second-order valence-corrected chi connectivity index (χ2v) is 5.01. The van der Waals surface area contributed by atoms with E-state index in [9.17, 15) is 5.11 Å². The molecule has 3 nitrogen and oxygen atoms in total. The molecule has 0 aliphatic rings. The number of aliphatic hydroxyl groups excluding tert-OH is 1. The van der Waals surface area contributed by atoms with Crippen LogP contribution in [0, 0.1) is 0 Å². The fourth-order valence-electron chi connectivity index (χ4n) is 2.11. The smallest absolute Gasteiger partial charge is 0.0664 e. The van der Waals surface area contributed by atoms with Crippen LogP contribution >= 0.6 is 11.6 Å². The topological polar surface area (TPSA) is 48.0 Å². The first-order chi connectivity index (χ1) is 8.70. The fourth-order valence-corrected chi connectivity index (χ4v) is 2.29. The Hall–Kier alpha value is -1.03. The van der Waals surface area contributed by atoms with Crippen molar-refractivity contribution in [2.24, 2.45) is 0 Å². The second kappa shape index (κ2) is 6.23. The Kier molecular flexibility index (Phi) is 4.64. The van der Waals surface area contributed by atoms with Crippen LogP contribution < -0.4 is 5.32 Å². The van der Waals surface area contributed by atoms with Gasteiger partial charge in [-0.1, -0.05) is 31.0 Å². The summed E-state index contributed by atoms with van der Waals surface area (Å²) in [6, 6.07) is 5.84. The van der Waals surface area contributed by atoms with Crippen LogP contribution in [0.1, 0.15) is 25.3 Å². The Bertz CT molecular complexity index is 509. The van der Waals surface area contributed by atoms with Gasteiger partial charge in [-0.25, -0.2) is 0 Å². The average Bonchev–Trinajstić information content (AvgIpc) is 2.72. The minimum absolute atomic E-state index is 0.255. The van der Waals surface area contributed by atoms with Crippen LogP contribution in [0.15, 0.2) is 24.4 Å². The predicted octanol–water partition coefficient (Wildman–Crippen LogP) is 3.07. The highest BCUT2D eigenvalue weighted by molar-refractivity contribution is 6.31. The molecule has 0 aliphatic heterocycles. The number of hydrogen-bond acceptors (Lipinski definition) is 2. The van der Waals surface area contributed by atoms with Crippen LogP contribution in [0.3, 0.4) is 0 Å². The van der Waals surface area contributed by atoms with Crippen LogP contribution in [0.5, 0.6) is 0 Å². The van der Waals surface area contributed by atoms with Crippen molar-refractivity contribution in [3.8, 4) is 0 Å². The van der Waals surface area contributed by atoms with E-state index in [1.807, 2.05) is 24.4 Å². The molecule has 2 rings (SSSR count). The molecule has 0 saturated heterocycles. The lowest BCUT2D eigenvalue weighted by Crippen LogP contribution is -2.26. The average molecular weight is 267 g/mol. The molecule has 0 amide bonds. The number of nitrogens with one attached hydrogen (secondary N) is 2.